The number of unbranched alkanes of at least 4 members (excludes halogenated alkanes) is 44. The molecular weight excluding hydrogens is 1100 g/mol. The van der Waals surface area contributed by atoms with Gasteiger partial charge >= 0.3 is 0 Å². The fraction of sp³-hybridized carbons (Fsp3) is 0.904. The molecule has 12 atom stereocenters. The first-order chi connectivity index (χ1) is 42.6. The maximum absolute atomic E-state index is 13.3. The van der Waals surface area contributed by atoms with E-state index in [0.717, 1.165) is 32.1 Å². The van der Waals surface area contributed by atoms with E-state index >= 15 is 0 Å². The van der Waals surface area contributed by atoms with E-state index in [2.05, 4.69) is 43.5 Å². The zero-order chi connectivity index (χ0) is 63.1. The molecule has 2 saturated heterocycles. The minimum atomic E-state index is -1.79. The van der Waals surface area contributed by atoms with Gasteiger partial charge in [-0.2, -0.15) is 0 Å². The van der Waals surface area contributed by atoms with Crippen LogP contribution in [0.1, 0.15) is 328 Å². The smallest absolute Gasteiger partial charge is 0.220 e. The molecule has 0 aromatic rings. The predicted molar refractivity (Wildman–Crippen MR) is 355 cm³/mol. The molecule has 2 heterocycles. The van der Waals surface area contributed by atoms with Gasteiger partial charge in [0.15, 0.2) is 12.6 Å². The van der Waals surface area contributed by atoms with Crippen molar-refractivity contribution in [3.63, 3.8) is 0 Å². The normalized spacial score (nSPS) is 23.4. The molecule has 14 nitrogen and oxygen atoms in total. The molecule has 12 unspecified atom stereocenters. The van der Waals surface area contributed by atoms with Crippen molar-refractivity contribution in [2.45, 2.75) is 402 Å². The molecule has 1 amide bonds. The third-order valence-corrected chi connectivity index (χ3v) is 18.0. The van der Waals surface area contributed by atoms with Gasteiger partial charge in [-0.15, -0.1) is 0 Å². The summed E-state index contributed by atoms with van der Waals surface area (Å²) < 4.78 is 22.9. The standard InChI is InChI=1S/C73H137NO13/c1-3-5-7-9-11-13-15-17-19-21-23-25-27-28-29-30-31-32-33-35-36-38-40-42-44-46-48-50-52-54-56-62(77)61(60-84-72-70(83)68(81)71(64(59-76)86-72)87-73-69(82)67(80)66(79)63(58-75)85-73)74-65(78)57-55-53-51-49-47-45-43-41-39-37-34-26-24-22-20-18-16-14-12-10-8-6-4-2/h22,24,46,48,54,56,61-64,66-73,75-77,79-83H,3-21,23,25-45,47,49-53,55,57-60H2,1-2H3,(H,74,78)/b24-22-,48-46+,56-54+. The van der Waals surface area contributed by atoms with Crippen LogP contribution in [0.15, 0.2) is 36.5 Å². The molecule has 0 aromatic carbocycles. The first-order valence-corrected chi connectivity index (χ1v) is 36.7. The summed E-state index contributed by atoms with van der Waals surface area (Å²) in [6.45, 7) is 2.83. The van der Waals surface area contributed by atoms with Crippen LogP contribution in [0.25, 0.3) is 0 Å². The molecule has 0 bridgehead atoms. The van der Waals surface area contributed by atoms with Gasteiger partial charge < -0.3 is 65.1 Å². The number of carbonyl (C=O) groups excluding carboxylic acids is 1. The molecule has 0 spiro atoms. The third-order valence-electron chi connectivity index (χ3n) is 18.0. The van der Waals surface area contributed by atoms with Crippen molar-refractivity contribution in [3.05, 3.63) is 36.5 Å². The summed E-state index contributed by atoms with van der Waals surface area (Å²) >= 11 is 0. The Kier molecular flexibility index (Phi) is 54.3. The van der Waals surface area contributed by atoms with Gasteiger partial charge in [-0.25, -0.2) is 0 Å². The number of aliphatic hydroxyl groups excluding tert-OH is 8. The van der Waals surface area contributed by atoms with E-state index in [9.17, 15) is 45.6 Å². The number of amides is 1. The second kappa shape index (κ2) is 58.1. The molecule has 2 fully saturated rings. The summed E-state index contributed by atoms with van der Waals surface area (Å²) in [5.41, 5.74) is 0. The Morgan fingerprint density at radius 2 is 0.736 bits per heavy atom. The Bertz CT molecular complexity index is 1600. The number of carbonyl (C=O) groups is 1. The summed E-state index contributed by atoms with van der Waals surface area (Å²) in [5.74, 6) is -0.245. The Morgan fingerprint density at radius 1 is 0.402 bits per heavy atom. The van der Waals surface area contributed by atoms with Gasteiger partial charge in [0.05, 0.1) is 32.0 Å². The van der Waals surface area contributed by atoms with E-state index in [0.29, 0.717) is 12.8 Å². The SMILES string of the molecule is CCCCCCCCCC/C=C\CCCCCCCCCCCCCC(=O)NC(COC1OC(CO)C(OC2OC(CO)C(O)C(O)C2O)C(O)C1O)C(O)/C=C/CC/C=C/CCCCCCCCCCCCCCCCCCCCCCCCCC. The van der Waals surface area contributed by atoms with Crippen LogP contribution in [0, 0.1) is 0 Å². The van der Waals surface area contributed by atoms with Crippen LogP contribution in [0.5, 0.6) is 0 Å². The molecule has 0 aliphatic carbocycles. The number of nitrogens with one attached hydrogen (secondary N) is 1. The number of allylic oxidation sites excluding steroid dienone is 5. The minimum absolute atomic E-state index is 0.245. The highest BCUT2D eigenvalue weighted by molar-refractivity contribution is 5.76. The average Bonchev–Trinajstić information content (AvgIpc) is 2.33. The van der Waals surface area contributed by atoms with Crippen LogP contribution >= 0.6 is 0 Å². The summed E-state index contributed by atoms with van der Waals surface area (Å²) in [5, 5.41) is 87.5. The molecule has 9 N–H and O–H groups in total. The second-order valence-electron chi connectivity index (χ2n) is 26.1. The minimum Gasteiger partial charge on any atom is -0.394 e. The highest BCUT2D eigenvalue weighted by Crippen LogP contribution is 2.30. The Hall–Kier alpha value is -1.79. The number of aliphatic hydroxyl groups is 8. The molecule has 512 valence electrons. The van der Waals surface area contributed by atoms with Crippen molar-refractivity contribution in [1.29, 1.82) is 0 Å². The molecular formula is C73H137NO13. The fourth-order valence-electron chi connectivity index (χ4n) is 12.2. The number of hydrogen-bond donors (Lipinski definition) is 9. The molecule has 2 aliphatic rings. The fourth-order valence-corrected chi connectivity index (χ4v) is 12.2. The van der Waals surface area contributed by atoms with Crippen molar-refractivity contribution < 1.29 is 64.6 Å². The zero-order valence-corrected chi connectivity index (χ0v) is 55.8. The van der Waals surface area contributed by atoms with Crippen molar-refractivity contribution in [3.8, 4) is 0 Å². The second-order valence-corrected chi connectivity index (χ2v) is 26.1. The highest BCUT2D eigenvalue weighted by atomic mass is 16.7. The Balaban J connectivity index is 1.68. The van der Waals surface area contributed by atoms with Crippen LogP contribution in [-0.4, -0.2) is 140 Å². The number of rotatable bonds is 61. The van der Waals surface area contributed by atoms with Crippen LogP contribution in [-0.2, 0) is 23.7 Å². The highest BCUT2D eigenvalue weighted by Gasteiger charge is 2.51. The van der Waals surface area contributed by atoms with Crippen molar-refractivity contribution in [2.24, 2.45) is 0 Å². The van der Waals surface area contributed by atoms with Crippen LogP contribution in [0.4, 0.5) is 0 Å². The van der Waals surface area contributed by atoms with E-state index in [-0.39, 0.29) is 18.9 Å². The van der Waals surface area contributed by atoms with Crippen molar-refractivity contribution >= 4 is 5.91 Å². The number of ether oxygens (including phenoxy) is 4. The predicted octanol–water partition coefficient (Wildman–Crippen LogP) is 15.3. The molecule has 0 aromatic heterocycles. The lowest BCUT2D eigenvalue weighted by Crippen LogP contribution is -2.65. The van der Waals surface area contributed by atoms with E-state index in [1.165, 1.54) is 263 Å². The van der Waals surface area contributed by atoms with Gasteiger partial charge in [-0.3, -0.25) is 4.79 Å². The van der Waals surface area contributed by atoms with Gasteiger partial charge in [0.1, 0.15) is 48.8 Å². The molecule has 87 heavy (non-hydrogen) atoms. The first-order valence-electron chi connectivity index (χ1n) is 36.7. The van der Waals surface area contributed by atoms with Gasteiger partial charge in [0.2, 0.25) is 5.91 Å². The quantitative estimate of drug-likeness (QED) is 0.0204. The van der Waals surface area contributed by atoms with E-state index in [1.54, 1.807) is 6.08 Å². The largest absolute Gasteiger partial charge is 0.394 e. The summed E-state index contributed by atoms with van der Waals surface area (Å²) in [4.78, 5) is 13.3. The molecule has 2 aliphatic heterocycles. The monoisotopic (exact) mass is 1240 g/mol. The molecule has 0 radical (unpaired) electrons. The van der Waals surface area contributed by atoms with Crippen molar-refractivity contribution in [1.82, 2.24) is 5.32 Å². The van der Waals surface area contributed by atoms with Crippen LogP contribution in [0.2, 0.25) is 0 Å². The lowest BCUT2D eigenvalue weighted by atomic mass is 9.97. The van der Waals surface area contributed by atoms with E-state index in [4.69, 9.17) is 18.9 Å². The first kappa shape index (κ1) is 81.3. The van der Waals surface area contributed by atoms with Crippen LogP contribution < -0.4 is 5.32 Å². The van der Waals surface area contributed by atoms with Crippen molar-refractivity contribution in [2.75, 3.05) is 19.8 Å². The average molecular weight is 1240 g/mol. The molecule has 0 saturated carbocycles. The lowest BCUT2D eigenvalue weighted by molar-refractivity contribution is -0.359. The molecule has 14 heteroatoms. The van der Waals surface area contributed by atoms with Gasteiger partial charge in [0, 0.05) is 6.42 Å². The third kappa shape index (κ3) is 42.1. The summed E-state index contributed by atoms with van der Waals surface area (Å²) in [6, 6.07) is -0.933. The Labute approximate surface area is 531 Å². The zero-order valence-electron chi connectivity index (χ0n) is 55.8. The van der Waals surface area contributed by atoms with Gasteiger partial charge in [0.25, 0.3) is 0 Å². The molecule has 2 rings (SSSR count). The lowest BCUT2D eigenvalue weighted by Gasteiger charge is -2.46. The summed E-state index contributed by atoms with van der Waals surface area (Å²) in [7, 11) is 0. The van der Waals surface area contributed by atoms with E-state index in [1.807, 2.05) is 6.08 Å². The maximum Gasteiger partial charge on any atom is 0.220 e. The van der Waals surface area contributed by atoms with Gasteiger partial charge in [-0.05, 0) is 57.8 Å². The van der Waals surface area contributed by atoms with Crippen LogP contribution in [0.3, 0.4) is 0 Å². The van der Waals surface area contributed by atoms with Gasteiger partial charge in [-0.1, -0.05) is 301 Å². The van der Waals surface area contributed by atoms with E-state index < -0.39 is 86.8 Å². The maximum atomic E-state index is 13.3. The topological polar surface area (TPSA) is 228 Å². The summed E-state index contributed by atoms with van der Waals surface area (Å²) in [6.07, 6.45) is 57.9. The number of hydrogen-bond acceptors (Lipinski definition) is 13. The Morgan fingerprint density at radius 3 is 1.13 bits per heavy atom.